The molecule has 0 bridgehead atoms. The van der Waals surface area contributed by atoms with Crippen molar-refractivity contribution in [3.8, 4) is 5.75 Å². The number of ether oxygens (including phenoxy) is 5. The van der Waals surface area contributed by atoms with Crippen LogP contribution in [0.1, 0.15) is 40.0 Å². The first-order valence-corrected chi connectivity index (χ1v) is 10.3. The summed E-state index contributed by atoms with van der Waals surface area (Å²) < 4.78 is 29.0. The van der Waals surface area contributed by atoms with Gasteiger partial charge in [0.25, 0.3) is 0 Å². The highest BCUT2D eigenvalue weighted by Crippen LogP contribution is 2.59. The Balaban J connectivity index is 1.47. The van der Waals surface area contributed by atoms with Crippen LogP contribution in [0.4, 0.5) is 4.79 Å². The molecule has 1 aromatic carbocycles. The predicted molar refractivity (Wildman–Crippen MR) is 107 cm³/mol. The lowest BCUT2D eigenvalue weighted by Gasteiger charge is -2.42. The van der Waals surface area contributed by atoms with Crippen LogP contribution in [0.5, 0.6) is 5.75 Å². The van der Waals surface area contributed by atoms with Crippen molar-refractivity contribution >= 4 is 6.16 Å². The summed E-state index contributed by atoms with van der Waals surface area (Å²) in [6, 6.07) is 8.92. The lowest BCUT2D eigenvalue weighted by Crippen LogP contribution is -2.55. The van der Waals surface area contributed by atoms with E-state index >= 15 is 0 Å². The van der Waals surface area contributed by atoms with Crippen molar-refractivity contribution in [3.63, 3.8) is 0 Å². The smallest absolute Gasteiger partial charge is 0.428 e. The van der Waals surface area contributed by atoms with Crippen LogP contribution in [-0.2, 0) is 18.9 Å². The van der Waals surface area contributed by atoms with E-state index in [2.05, 4.69) is 26.8 Å². The third kappa shape index (κ3) is 4.06. The van der Waals surface area contributed by atoms with Gasteiger partial charge < -0.3 is 23.7 Å². The molecule has 2 aliphatic heterocycles. The molecule has 1 aliphatic carbocycles. The summed E-state index contributed by atoms with van der Waals surface area (Å²) in [5.41, 5.74) is 0.685. The van der Waals surface area contributed by atoms with Gasteiger partial charge in [-0.15, -0.1) is 0 Å². The highest BCUT2D eigenvalue weighted by atomic mass is 16.7. The quantitative estimate of drug-likeness (QED) is 0.306. The number of hydrogen-bond acceptors (Lipinski definition) is 6. The molecule has 2 heterocycles. The fourth-order valence-corrected chi connectivity index (χ4v) is 4.80. The second-order valence-electron chi connectivity index (χ2n) is 8.70. The SMILES string of the molecule is COC1C(OC(=O)Oc2ccccc2)CCC2(CO2)C1C1(C)OC1CC=C(C)C. The van der Waals surface area contributed by atoms with Crippen molar-refractivity contribution < 1.29 is 28.5 Å². The molecule has 6 nitrogen and oxygen atoms in total. The molecule has 2 saturated heterocycles. The molecule has 4 rings (SSSR count). The number of para-hydroxylation sites is 1. The fraction of sp³-hybridized carbons (Fsp3) is 0.609. The van der Waals surface area contributed by atoms with E-state index in [-0.39, 0.29) is 29.3 Å². The van der Waals surface area contributed by atoms with Gasteiger partial charge >= 0.3 is 6.16 Å². The maximum absolute atomic E-state index is 12.4. The fourth-order valence-electron chi connectivity index (χ4n) is 4.80. The van der Waals surface area contributed by atoms with Gasteiger partial charge in [-0.3, -0.25) is 0 Å². The number of methoxy groups -OCH3 is 1. The molecule has 1 spiro atoms. The van der Waals surface area contributed by atoms with E-state index in [1.165, 1.54) is 5.57 Å². The number of allylic oxidation sites excluding steroid dienone is 1. The molecule has 1 aromatic rings. The zero-order valence-electron chi connectivity index (χ0n) is 17.6. The molecule has 6 unspecified atom stereocenters. The van der Waals surface area contributed by atoms with Gasteiger partial charge in [-0.25, -0.2) is 4.79 Å². The Hall–Kier alpha value is -1.89. The number of epoxide rings is 2. The third-order valence-electron chi connectivity index (χ3n) is 6.43. The highest BCUT2D eigenvalue weighted by Gasteiger charge is 2.72. The molecule has 0 N–H and O–H groups in total. The van der Waals surface area contributed by atoms with Crippen molar-refractivity contribution in [1.82, 2.24) is 0 Å². The number of carbonyl (C=O) groups excluding carboxylic acids is 1. The highest BCUT2D eigenvalue weighted by molar-refractivity contribution is 5.64. The van der Waals surface area contributed by atoms with Crippen LogP contribution >= 0.6 is 0 Å². The maximum atomic E-state index is 12.4. The van der Waals surface area contributed by atoms with E-state index in [1.54, 1.807) is 19.2 Å². The molecule has 6 atom stereocenters. The summed E-state index contributed by atoms with van der Waals surface area (Å²) in [4.78, 5) is 12.4. The molecule has 3 fully saturated rings. The van der Waals surface area contributed by atoms with E-state index in [0.717, 1.165) is 12.8 Å². The second-order valence-corrected chi connectivity index (χ2v) is 8.70. The summed E-state index contributed by atoms with van der Waals surface area (Å²) in [6.07, 6.45) is 3.25. The lowest BCUT2D eigenvalue weighted by molar-refractivity contribution is -0.123. The van der Waals surface area contributed by atoms with Gasteiger partial charge in [0.15, 0.2) is 0 Å². The zero-order chi connectivity index (χ0) is 20.6. The topological polar surface area (TPSA) is 69.8 Å². The standard InChI is InChI=1S/C23H30O6/c1-15(2)10-11-18-22(3,29-18)20-19(25-4)17(12-13-23(20)14-26-23)28-21(24)27-16-8-6-5-7-9-16/h5-10,17-20H,11-14H2,1-4H3. The van der Waals surface area contributed by atoms with E-state index in [9.17, 15) is 4.79 Å². The second kappa shape index (κ2) is 7.74. The molecule has 29 heavy (non-hydrogen) atoms. The van der Waals surface area contributed by atoms with Crippen molar-refractivity contribution in [1.29, 1.82) is 0 Å². The minimum atomic E-state index is -0.711. The minimum Gasteiger partial charge on any atom is -0.428 e. The average molecular weight is 402 g/mol. The van der Waals surface area contributed by atoms with Gasteiger partial charge in [0.2, 0.25) is 0 Å². The van der Waals surface area contributed by atoms with E-state index in [1.807, 2.05) is 18.2 Å². The minimum absolute atomic E-state index is 0.00108. The van der Waals surface area contributed by atoms with Gasteiger partial charge in [0.1, 0.15) is 29.2 Å². The van der Waals surface area contributed by atoms with Crippen LogP contribution in [0.2, 0.25) is 0 Å². The van der Waals surface area contributed by atoms with Gasteiger partial charge in [-0.2, -0.15) is 0 Å². The Labute approximate surface area is 172 Å². The molecule has 0 aromatic heterocycles. The Kier molecular flexibility index (Phi) is 5.44. The molecular weight excluding hydrogens is 372 g/mol. The number of carbonyl (C=O) groups is 1. The lowest BCUT2D eigenvalue weighted by atomic mass is 9.68. The average Bonchev–Trinajstić information content (AvgIpc) is 3.60. The summed E-state index contributed by atoms with van der Waals surface area (Å²) in [5, 5.41) is 0. The number of hydrogen-bond donors (Lipinski definition) is 0. The van der Waals surface area contributed by atoms with E-state index in [4.69, 9.17) is 23.7 Å². The van der Waals surface area contributed by atoms with Crippen molar-refractivity contribution in [2.24, 2.45) is 5.92 Å². The first-order valence-electron chi connectivity index (χ1n) is 10.3. The molecule has 0 radical (unpaired) electrons. The van der Waals surface area contributed by atoms with Crippen LogP contribution in [0.25, 0.3) is 0 Å². The van der Waals surface area contributed by atoms with Gasteiger partial charge in [0, 0.05) is 7.11 Å². The first kappa shape index (κ1) is 20.4. The maximum Gasteiger partial charge on any atom is 0.514 e. The summed E-state index contributed by atoms with van der Waals surface area (Å²) in [5.74, 6) is 0.457. The molecule has 6 heteroatoms. The van der Waals surface area contributed by atoms with Crippen LogP contribution in [0.3, 0.4) is 0 Å². The predicted octanol–water partition coefficient (Wildman–Crippen LogP) is 4.28. The van der Waals surface area contributed by atoms with Crippen LogP contribution in [-0.4, -0.2) is 49.4 Å². The monoisotopic (exact) mass is 402 g/mol. The van der Waals surface area contributed by atoms with Crippen molar-refractivity contribution in [3.05, 3.63) is 42.0 Å². The molecule has 3 aliphatic rings. The molecule has 158 valence electrons. The van der Waals surface area contributed by atoms with Crippen LogP contribution in [0, 0.1) is 5.92 Å². The van der Waals surface area contributed by atoms with E-state index < -0.39 is 12.3 Å². The molecular formula is C23H30O6. The largest absolute Gasteiger partial charge is 0.514 e. The Morgan fingerprint density at radius 1 is 1.28 bits per heavy atom. The van der Waals surface area contributed by atoms with Crippen molar-refractivity contribution in [2.75, 3.05) is 13.7 Å². The Morgan fingerprint density at radius 2 is 2.00 bits per heavy atom. The van der Waals surface area contributed by atoms with Gasteiger partial charge in [-0.05, 0) is 52.2 Å². The first-order chi connectivity index (χ1) is 13.9. The van der Waals surface area contributed by atoms with Gasteiger partial charge in [-0.1, -0.05) is 29.8 Å². The zero-order valence-corrected chi connectivity index (χ0v) is 17.6. The van der Waals surface area contributed by atoms with Crippen LogP contribution in [0.15, 0.2) is 42.0 Å². The third-order valence-corrected chi connectivity index (χ3v) is 6.43. The molecule has 0 amide bonds. The normalized spacial score (nSPS) is 37.7. The Morgan fingerprint density at radius 3 is 2.62 bits per heavy atom. The van der Waals surface area contributed by atoms with Gasteiger partial charge in [0.05, 0.1) is 18.6 Å². The number of benzene rings is 1. The summed E-state index contributed by atoms with van der Waals surface area (Å²) in [7, 11) is 1.66. The van der Waals surface area contributed by atoms with Crippen molar-refractivity contribution in [2.45, 2.75) is 69.5 Å². The summed E-state index contributed by atoms with van der Waals surface area (Å²) >= 11 is 0. The summed E-state index contributed by atoms with van der Waals surface area (Å²) in [6.45, 7) is 7.01. The van der Waals surface area contributed by atoms with Crippen LogP contribution < -0.4 is 4.74 Å². The molecule has 1 saturated carbocycles. The Bertz CT molecular complexity index is 767. The van der Waals surface area contributed by atoms with E-state index in [0.29, 0.717) is 18.8 Å². The number of rotatable bonds is 6.